The summed E-state index contributed by atoms with van der Waals surface area (Å²) in [6.45, 7) is 1.72. The predicted octanol–water partition coefficient (Wildman–Crippen LogP) is 0.364. The molecule has 0 fully saturated rings. The Hall–Kier alpha value is -3.18. The van der Waals surface area contributed by atoms with E-state index < -0.39 is 18.9 Å². The Kier molecular flexibility index (Phi) is 4.96. The highest BCUT2D eigenvalue weighted by Crippen LogP contribution is 2.37. The fraction of sp³-hybridized carbons (Fsp3) is 0.118. The van der Waals surface area contributed by atoms with E-state index in [0.717, 1.165) is 23.0 Å². The molecule has 4 N–H and O–H groups in total. The first-order valence-corrected chi connectivity index (χ1v) is 7.94. The number of aryl methyl sites for hydroxylation is 1. The molecule has 0 spiro atoms. The van der Waals surface area contributed by atoms with E-state index in [0.29, 0.717) is 16.5 Å². The van der Waals surface area contributed by atoms with Crippen molar-refractivity contribution in [2.45, 2.75) is 13.1 Å². The molecule has 0 amide bonds. The molecule has 0 saturated heterocycles. The first-order valence-electron chi connectivity index (χ1n) is 7.94. The number of anilines is 1. The van der Waals surface area contributed by atoms with Crippen LogP contribution in [-0.2, 0) is 11.0 Å². The molecule has 28 heavy (non-hydrogen) atoms. The number of fused-ring (bicyclic) bond motifs is 1. The molecule has 0 unspecified atom stereocenters. The van der Waals surface area contributed by atoms with Crippen molar-refractivity contribution in [3.05, 3.63) is 47.7 Å². The van der Waals surface area contributed by atoms with Gasteiger partial charge in [-0.15, -0.1) is 0 Å². The molecule has 1 heterocycles. The number of carbonyl (C=O) groups is 1. The Morgan fingerprint density at radius 2 is 1.89 bits per heavy atom. The van der Waals surface area contributed by atoms with E-state index in [-0.39, 0.29) is 28.9 Å². The topological polar surface area (TPSA) is 110 Å². The summed E-state index contributed by atoms with van der Waals surface area (Å²) < 4.78 is 40.4. The fourth-order valence-electron chi connectivity index (χ4n) is 2.91. The largest absolute Gasteiger partial charge is 0.488 e. The quantitative estimate of drug-likeness (QED) is 0.336. The van der Waals surface area contributed by atoms with Crippen molar-refractivity contribution in [3.63, 3.8) is 0 Å². The number of aromatic nitrogens is 2. The maximum atomic E-state index is 13.5. The molecular formula is C17H14BF3N3O4+. The predicted molar refractivity (Wildman–Crippen MR) is 94.0 cm³/mol. The van der Waals surface area contributed by atoms with Crippen LogP contribution < -0.4 is 20.9 Å². The Balaban J connectivity index is 2.27. The van der Waals surface area contributed by atoms with Gasteiger partial charge in [0.15, 0.2) is 0 Å². The summed E-state index contributed by atoms with van der Waals surface area (Å²) in [7, 11) is -1.92. The van der Waals surface area contributed by atoms with E-state index in [4.69, 9.17) is 5.73 Å². The summed E-state index contributed by atoms with van der Waals surface area (Å²) in [6.07, 6.45) is -4.65. The van der Waals surface area contributed by atoms with E-state index in [1.807, 2.05) is 0 Å². The summed E-state index contributed by atoms with van der Waals surface area (Å²) in [4.78, 5) is 16.0. The van der Waals surface area contributed by atoms with Gasteiger partial charge in [-0.1, -0.05) is 18.2 Å². The third-order valence-corrected chi connectivity index (χ3v) is 4.23. The highest BCUT2D eigenvalue weighted by molar-refractivity contribution is 6.58. The number of nitrogens with zero attached hydrogens (tertiary/aromatic N) is 2. The molecule has 1 aromatic heterocycles. The molecule has 0 saturated carbocycles. The molecule has 2 aromatic carbocycles. The van der Waals surface area contributed by atoms with Gasteiger partial charge in [-0.2, -0.15) is 13.2 Å². The van der Waals surface area contributed by atoms with Crippen LogP contribution in [0.4, 0.5) is 19.0 Å². The summed E-state index contributed by atoms with van der Waals surface area (Å²) >= 11 is 0. The van der Waals surface area contributed by atoms with Gasteiger partial charge in [-0.3, -0.25) is 10.5 Å². The van der Waals surface area contributed by atoms with E-state index >= 15 is 0 Å². The molecule has 0 aliphatic rings. The Morgan fingerprint density at radius 1 is 1.18 bits per heavy atom. The van der Waals surface area contributed by atoms with Gasteiger partial charge >= 0.3 is 25.6 Å². The van der Waals surface area contributed by atoms with Crippen LogP contribution in [0, 0.1) is 6.92 Å². The Morgan fingerprint density at radius 3 is 2.50 bits per heavy atom. The van der Waals surface area contributed by atoms with Gasteiger partial charge < -0.3 is 10.0 Å². The lowest BCUT2D eigenvalue weighted by Crippen LogP contribution is -2.48. The first-order chi connectivity index (χ1) is 13.1. The zero-order chi connectivity index (χ0) is 20.6. The molecule has 0 radical (unpaired) electrons. The van der Waals surface area contributed by atoms with Gasteiger partial charge in [0.1, 0.15) is 0 Å². The van der Waals surface area contributed by atoms with Crippen molar-refractivity contribution in [1.82, 2.24) is 5.10 Å². The average molecular weight is 392 g/mol. The maximum absolute atomic E-state index is 13.5. The fourth-order valence-corrected chi connectivity index (χ4v) is 2.91. The van der Waals surface area contributed by atoms with Gasteiger partial charge in [-0.05, 0) is 46.8 Å². The van der Waals surface area contributed by atoms with Gasteiger partial charge in [-0.25, -0.2) is 4.84 Å². The second-order valence-corrected chi connectivity index (χ2v) is 5.98. The number of nitrogen functional groups attached to an aromatic ring is 1. The number of hydrogen-bond donors (Lipinski definition) is 3. The molecule has 0 bridgehead atoms. The summed E-state index contributed by atoms with van der Waals surface area (Å²) in [5.41, 5.74) is 5.21. The molecule has 3 rings (SSSR count). The van der Waals surface area contributed by atoms with E-state index in [9.17, 15) is 28.0 Å². The van der Waals surface area contributed by atoms with Crippen LogP contribution in [-0.4, -0.2) is 28.7 Å². The highest BCUT2D eigenvalue weighted by atomic mass is 19.4. The molecule has 3 aromatic rings. The SMILES string of the molecule is Cc1n[n+](OC=O)c(N)c2ccc(-c3cc(B(O)O)ccc3C(F)(F)F)cc12. The lowest BCUT2D eigenvalue weighted by atomic mass is 9.78. The van der Waals surface area contributed by atoms with Crippen LogP contribution in [0.2, 0.25) is 0 Å². The van der Waals surface area contributed by atoms with Crippen molar-refractivity contribution in [2.75, 3.05) is 5.73 Å². The number of carbonyl (C=O) groups excluding carboxylic acids is 1. The number of rotatable bonds is 4. The van der Waals surface area contributed by atoms with Gasteiger partial charge in [0.05, 0.1) is 21.5 Å². The summed E-state index contributed by atoms with van der Waals surface area (Å²) in [5, 5.41) is 23.5. The van der Waals surface area contributed by atoms with Crippen LogP contribution in [0.25, 0.3) is 21.9 Å². The van der Waals surface area contributed by atoms with E-state index in [2.05, 4.69) is 9.94 Å². The van der Waals surface area contributed by atoms with Crippen molar-refractivity contribution in [3.8, 4) is 11.1 Å². The van der Waals surface area contributed by atoms with Gasteiger partial charge in [0.25, 0.3) is 0 Å². The van der Waals surface area contributed by atoms with Crippen LogP contribution >= 0.6 is 0 Å². The van der Waals surface area contributed by atoms with Crippen LogP contribution in [0.1, 0.15) is 11.3 Å². The van der Waals surface area contributed by atoms with Gasteiger partial charge in [0, 0.05) is 5.39 Å². The first kappa shape index (κ1) is 19.6. The molecule has 0 atom stereocenters. The number of nitrogens with two attached hydrogens (primary N) is 1. The van der Waals surface area contributed by atoms with Crippen molar-refractivity contribution in [2.24, 2.45) is 0 Å². The third-order valence-electron chi connectivity index (χ3n) is 4.23. The number of halogens is 3. The lowest BCUT2D eigenvalue weighted by molar-refractivity contribution is -0.900. The minimum atomic E-state index is -4.65. The lowest BCUT2D eigenvalue weighted by Gasteiger charge is -2.15. The van der Waals surface area contributed by atoms with Crippen molar-refractivity contribution >= 4 is 35.6 Å². The van der Waals surface area contributed by atoms with Crippen LogP contribution in [0.5, 0.6) is 0 Å². The van der Waals surface area contributed by atoms with Crippen LogP contribution in [0.3, 0.4) is 0 Å². The van der Waals surface area contributed by atoms with Crippen molar-refractivity contribution in [1.29, 1.82) is 0 Å². The Bertz CT molecular complexity index is 1070. The molecule has 0 aliphatic carbocycles. The number of benzene rings is 2. The average Bonchev–Trinajstić information content (AvgIpc) is 2.64. The second-order valence-electron chi connectivity index (χ2n) is 5.98. The number of alkyl halides is 3. The zero-order valence-electron chi connectivity index (χ0n) is 14.4. The van der Waals surface area contributed by atoms with E-state index in [1.165, 1.54) is 18.2 Å². The summed E-state index contributed by atoms with van der Waals surface area (Å²) in [5.74, 6) is -0.00479. The monoisotopic (exact) mass is 392 g/mol. The Labute approximate surface area is 156 Å². The summed E-state index contributed by atoms with van der Waals surface area (Å²) in [6, 6.07) is 7.20. The van der Waals surface area contributed by atoms with Crippen molar-refractivity contribution < 1.29 is 37.7 Å². The normalized spacial score (nSPS) is 11.5. The smallest absolute Gasteiger partial charge is 0.423 e. The maximum Gasteiger partial charge on any atom is 0.488 e. The highest BCUT2D eigenvalue weighted by Gasteiger charge is 2.34. The molecule has 0 aliphatic heterocycles. The second kappa shape index (κ2) is 7.10. The zero-order valence-corrected chi connectivity index (χ0v) is 14.4. The minimum Gasteiger partial charge on any atom is -0.423 e. The van der Waals surface area contributed by atoms with Gasteiger partial charge in [0.2, 0.25) is 0 Å². The third kappa shape index (κ3) is 3.49. The number of hydrogen-bond acceptors (Lipinski definition) is 6. The molecule has 7 nitrogen and oxygen atoms in total. The minimum absolute atomic E-state index is 0.00479. The standard InChI is InChI=1S/C17H13BF3N3O4/c1-9-13-6-10(2-4-12(13)16(22)24(23-9)28-8-25)14-7-11(18(26)27)3-5-15(14)17(19,20)21/h2-8,22,26-27H,1H3/p+1. The van der Waals surface area contributed by atoms with E-state index in [1.54, 1.807) is 6.92 Å². The molecule has 144 valence electrons. The molecule has 11 heteroatoms. The van der Waals surface area contributed by atoms with Crippen LogP contribution in [0.15, 0.2) is 36.4 Å². The molecular weight excluding hydrogens is 378 g/mol.